The van der Waals surface area contributed by atoms with Crippen LogP contribution in [-0.4, -0.2) is 114 Å². The number of carbonyl (C=O) groups excluding carboxylic acids is 3. The number of aromatic amines is 1. The molecule has 3 aromatic heterocycles. The van der Waals surface area contributed by atoms with Gasteiger partial charge in [0.05, 0.1) is 47.0 Å². The van der Waals surface area contributed by atoms with Crippen molar-refractivity contribution < 1.29 is 43.0 Å². The Hall–Kier alpha value is -6.86. The summed E-state index contributed by atoms with van der Waals surface area (Å²) in [7, 11) is 0. The third-order valence-corrected chi connectivity index (χ3v) is 15.3. The summed E-state index contributed by atoms with van der Waals surface area (Å²) in [4.78, 5) is 67.0. The Labute approximate surface area is 448 Å². The minimum Gasteiger partial charge on any atom is -0.490 e. The SMILES string of the molecule is CCN(c1cc(-c2ccc(OCCOCCOc3cc(C(C(=O)N4C[C@H](O)C[C@H]4C(=O)NC(C)c4ccc(-c5scnc5C)cc4)C(C)C)on3)c(C(=O)NCc3c(C)cc(C)[nH]c3=O)c2)ccc1C)C1CCOCC1. The second kappa shape index (κ2) is 25.3. The number of aliphatic hydroxyl groups excluding tert-OH is 1. The normalized spacial score (nSPS) is 16.6. The molecule has 404 valence electrons. The van der Waals surface area contributed by atoms with Crippen molar-refractivity contribution in [3.05, 3.63) is 134 Å². The van der Waals surface area contributed by atoms with E-state index < -0.39 is 24.0 Å². The van der Waals surface area contributed by atoms with Crippen LogP contribution in [0.25, 0.3) is 21.6 Å². The van der Waals surface area contributed by atoms with Gasteiger partial charge in [0, 0.05) is 68.3 Å². The molecule has 0 bridgehead atoms. The molecule has 2 aliphatic heterocycles. The van der Waals surface area contributed by atoms with Gasteiger partial charge in [0.25, 0.3) is 17.3 Å². The van der Waals surface area contributed by atoms with Gasteiger partial charge in [0.15, 0.2) is 5.76 Å². The van der Waals surface area contributed by atoms with Crippen LogP contribution in [0.4, 0.5) is 5.69 Å². The van der Waals surface area contributed by atoms with Gasteiger partial charge in [-0.15, -0.1) is 11.3 Å². The quantitative estimate of drug-likeness (QED) is 0.0472. The van der Waals surface area contributed by atoms with Crippen LogP contribution in [0.2, 0.25) is 0 Å². The van der Waals surface area contributed by atoms with E-state index in [2.05, 4.69) is 62.7 Å². The molecule has 6 aromatic rings. The van der Waals surface area contributed by atoms with Crippen LogP contribution in [0.3, 0.4) is 0 Å². The van der Waals surface area contributed by atoms with Crippen LogP contribution in [-0.2, 0) is 25.6 Å². The molecule has 3 aromatic carbocycles. The molecule has 3 amide bonds. The number of pyridine rings is 1. The number of aryl methyl sites for hydroxylation is 4. The number of ether oxygens (including phenoxy) is 4. The third-order valence-electron chi connectivity index (χ3n) is 14.3. The fourth-order valence-electron chi connectivity index (χ4n) is 10.2. The van der Waals surface area contributed by atoms with E-state index in [0.717, 1.165) is 82.4 Å². The number of anilines is 1. The van der Waals surface area contributed by atoms with Crippen LogP contribution < -0.4 is 30.6 Å². The molecule has 4 atom stereocenters. The van der Waals surface area contributed by atoms with E-state index in [-0.39, 0.29) is 86.9 Å². The average molecular weight is 1060 g/mol. The monoisotopic (exact) mass is 1060 g/mol. The summed E-state index contributed by atoms with van der Waals surface area (Å²) < 4.78 is 29.2. The number of hydrogen-bond donors (Lipinski definition) is 4. The van der Waals surface area contributed by atoms with Crippen molar-refractivity contribution in [2.75, 3.05) is 57.6 Å². The van der Waals surface area contributed by atoms with Crippen molar-refractivity contribution in [1.82, 2.24) is 30.7 Å². The minimum atomic E-state index is -0.875. The van der Waals surface area contributed by atoms with Gasteiger partial charge in [-0.25, -0.2) is 4.98 Å². The summed E-state index contributed by atoms with van der Waals surface area (Å²) in [6, 6.07) is 22.5. The Bertz CT molecular complexity index is 3020. The third kappa shape index (κ3) is 13.2. The van der Waals surface area contributed by atoms with E-state index >= 15 is 0 Å². The topological polar surface area (TPSA) is 211 Å². The van der Waals surface area contributed by atoms with Crippen LogP contribution in [0, 0.1) is 33.6 Å². The molecular weight excluding hydrogens is 987 g/mol. The zero-order valence-electron chi connectivity index (χ0n) is 44.8. The summed E-state index contributed by atoms with van der Waals surface area (Å²) in [5.41, 5.74) is 10.9. The van der Waals surface area contributed by atoms with E-state index in [0.29, 0.717) is 22.9 Å². The lowest BCUT2D eigenvalue weighted by atomic mass is 9.91. The molecule has 2 unspecified atom stereocenters. The maximum Gasteiger partial charge on any atom is 0.255 e. The number of rotatable bonds is 22. The fourth-order valence-corrected chi connectivity index (χ4v) is 11.0. The second-order valence-electron chi connectivity index (χ2n) is 20.1. The molecule has 17 nitrogen and oxygen atoms in total. The molecular formula is C58H71N7O10S. The molecule has 76 heavy (non-hydrogen) atoms. The van der Waals surface area contributed by atoms with Crippen LogP contribution >= 0.6 is 11.3 Å². The van der Waals surface area contributed by atoms with Gasteiger partial charge >= 0.3 is 0 Å². The largest absolute Gasteiger partial charge is 0.490 e. The molecule has 0 saturated carbocycles. The Balaban J connectivity index is 0.862. The van der Waals surface area contributed by atoms with E-state index in [4.69, 9.17) is 23.5 Å². The first-order chi connectivity index (χ1) is 36.6. The number of thiazole rings is 1. The number of carbonyl (C=O) groups is 3. The Morgan fingerprint density at radius 3 is 2.30 bits per heavy atom. The lowest BCUT2D eigenvalue weighted by molar-refractivity contribution is -0.141. The van der Waals surface area contributed by atoms with Gasteiger partial charge in [-0.1, -0.05) is 56.3 Å². The van der Waals surface area contributed by atoms with Crippen molar-refractivity contribution >= 4 is 34.7 Å². The standard InChI is InChI=1S/C58H71N7O10S/c1-9-64(44-18-20-71-21-19-44)48-28-43(11-10-35(48)4)42-16-17-50(46(27-42)55(67)59-31-47-36(5)26-37(6)61-56(47)68)73-24-22-72-23-25-74-52-30-51(75-63-52)53(34(2)3)58(70)65-32-45(66)29-49(65)57(69)62-38(7)40-12-14-41(15-13-40)54-39(8)60-33-76-54/h10-17,26-28,30,33-34,38,44-45,49,53,66H,9,18-25,29,31-32H2,1-8H3,(H,59,67)(H,61,68)(H,62,69)/t38?,45-,49+,53?/m1/s1. The Morgan fingerprint density at radius 2 is 1.61 bits per heavy atom. The van der Waals surface area contributed by atoms with E-state index in [1.54, 1.807) is 23.5 Å². The van der Waals surface area contributed by atoms with Gasteiger partial charge in [-0.3, -0.25) is 19.2 Å². The minimum absolute atomic E-state index is 0.00933. The highest BCUT2D eigenvalue weighted by atomic mass is 32.1. The van der Waals surface area contributed by atoms with Crippen molar-refractivity contribution in [1.29, 1.82) is 0 Å². The van der Waals surface area contributed by atoms with Crippen molar-refractivity contribution in [2.24, 2.45) is 5.92 Å². The fraction of sp³-hybridized carbons (Fsp3) is 0.448. The number of hydrogen-bond acceptors (Lipinski definition) is 14. The lowest BCUT2D eigenvalue weighted by Gasteiger charge is -2.36. The van der Waals surface area contributed by atoms with Crippen molar-refractivity contribution in [3.8, 4) is 33.2 Å². The molecule has 2 saturated heterocycles. The second-order valence-corrected chi connectivity index (χ2v) is 20.9. The molecule has 0 aliphatic carbocycles. The number of nitrogens with one attached hydrogen (secondary N) is 3. The van der Waals surface area contributed by atoms with Crippen molar-refractivity contribution in [3.63, 3.8) is 0 Å². The predicted molar refractivity (Wildman–Crippen MR) is 292 cm³/mol. The Morgan fingerprint density at radius 1 is 0.895 bits per heavy atom. The first kappa shape index (κ1) is 55.4. The molecule has 5 heterocycles. The van der Waals surface area contributed by atoms with Crippen LogP contribution in [0.15, 0.2) is 87.6 Å². The highest BCUT2D eigenvalue weighted by Crippen LogP contribution is 2.36. The molecule has 2 fully saturated rings. The maximum absolute atomic E-state index is 14.3. The summed E-state index contributed by atoms with van der Waals surface area (Å²) >= 11 is 1.58. The van der Waals surface area contributed by atoms with Gasteiger partial charge in [-0.05, 0) is 123 Å². The average Bonchev–Trinajstić information content (AvgIpc) is 4.16. The number of aliphatic hydroxyl groups is 1. The number of likely N-dealkylation sites (tertiary alicyclic amines) is 1. The van der Waals surface area contributed by atoms with Crippen LogP contribution in [0.1, 0.15) is 109 Å². The number of nitrogens with zero attached hydrogens (tertiary/aromatic N) is 4. The molecule has 2 aliphatic rings. The molecule has 4 N–H and O–H groups in total. The number of amides is 3. The Kier molecular flexibility index (Phi) is 18.4. The van der Waals surface area contributed by atoms with Crippen molar-refractivity contribution in [2.45, 2.75) is 111 Å². The van der Waals surface area contributed by atoms with E-state index in [1.807, 2.05) is 89.5 Å². The number of benzene rings is 3. The zero-order valence-corrected chi connectivity index (χ0v) is 45.6. The number of β-amino-alcohol motifs (C(OH)–C–C–N with tert-alkyl or cyclic N) is 1. The van der Waals surface area contributed by atoms with Gasteiger partial charge in [-0.2, -0.15) is 0 Å². The first-order valence-corrected chi connectivity index (χ1v) is 27.1. The van der Waals surface area contributed by atoms with E-state index in [1.165, 1.54) is 10.5 Å². The van der Waals surface area contributed by atoms with Crippen LogP contribution in [0.5, 0.6) is 11.6 Å². The summed E-state index contributed by atoms with van der Waals surface area (Å²) in [5, 5.41) is 20.8. The zero-order chi connectivity index (χ0) is 54.0. The maximum atomic E-state index is 14.3. The van der Waals surface area contributed by atoms with Gasteiger partial charge in [0.2, 0.25) is 11.8 Å². The number of H-pyrrole nitrogens is 1. The summed E-state index contributed by atoms with van der Waals surface area (Å²) in [5.74, 6) is -1.32. The lowest BCUT2D eigenvalue weighted by Crippen LogP contribution is -2.48. The highest BCUT2D eigenvalue weighted by molar-refractivity contribution is 7.13. The highest BCUT2D eigenvalue weighted by Gasteiger charge is 2.43. The number of aromatic nitrogens is 3. The molecule has 0 radical (unpaired) electrons. The van der Waals surface area contributed by atoms with Gasteiger partial charge < -0.3 is 54.0 Å². The van der Waals surface area contributed by atoms with E-state index in [9.17, 15) is 24.3 Å². The predicted octanol–water partition coefficient (Wildman–Crippen LogP) is 8.38. The smallest absolute Gasteiger partial charge is 0.255 e. The summed E-state index contributed by atoms with van der Waals surface area (Å²) in [6.45, 7) is 18.6. The molecule has 18 heteroatoms. The molecule has 0 spiro atoms. The van der Waals surface area contributed by atoms with Gasteiger partial charge in [0.1, 0.15) is 30.9 Å². The first-order valence-electron chi connectivity index (χ1n) is 26.3. The summed E-state index contributed by atoms with van der Waals surface area (Å²) in [6.07, 6.45) is 1.17. The molecule has 8 rings (SSSR count).